The minimum absolute atomic E-state index is 0.366. The molecule has 3 rings (SSSR count). The number of imidazole rings is 1. The molecule has 2 atom stereocenters. The van der Waals surface area contributed by atoms with Gasteiger partial charge >= 0.3 is 5.65 Å². The second-order valence-corrected chi connectivity index (χ2v) is 9.77. The van der Waals surface area contributed by atoms with Crippen molar-refractivity contribution >= 4 is 16.9 Å². The van der Waals surface area contributed by atoms with Crippen molar-refractivity contribution < 1.29 is 4.57 Å². The molecule has 0 spiro atoms. The summed E-state index contributed by atoms with van der Waals surface area (Å²) in [6.07, 6.45) is 18.1. The zero-order chi connectivity index (χ0) is 22.6. The highest BCUT2D eigenvalue weighted by atomic mass is 15.2. The lowest BCUT2D eigenvalue weighted by molar-refractivity contribution is -0.647. The van der Waals surface area contributed by atoms with Crippen LogP contribution in [0.4, 0.5) is 5.69 Å². The van der Waals surface area contributed by atoms with Crippen LogP contribution in [0.5, 0.6) is 0 Å². The van der Waals surface area contributed by atoms with Crippen LogP contribution >= 0.6 is 0 Å². The number of aromatic nitrogens is 4. The third-order valence-corrected chi connectivity index (χ3v) is 7.51. The highest BCUT2D eigenvalue weighted by molar-refractivity contribution is 5.80. The third kappa shape index (κ3) is 5.25. The maximum Gasteiger partial charge on any atom is 0.329 e. The number of nitrogens with zero attached hydrogens (tertiary/aromatic N) is 4. The van der Waals surface area contributed by atoms with Gasteiger partial charge in [-0.1, -0.05) is 53.9 Å². The minimum Gasteiger partial charge on any atom is -0.394 e. The van der Waals surface area contributed by atoms with E-state index in [1.165, 1.54) is 36.8 Å². The Morgan fingerprint density at radius 1 is 1.29 bits per heavy atom. The first-order valence-electron chi connectivity index (χ1n) is 11.7. The summed E-state index contributed by atoms with van der Waals surface area (Å²) in [5.41, 5.74) is 13.4. The number of nitrogen functional groups attached to an aromatic ring is 1. The fraction of sp³-hybridized carbons (Fsp3) is 0.577. The molecule has 168 valence electrons. The molecule has 31 heavy (non-hydrogen) atoms. The van der Waals surface area contributed by atoms with E-state index in [0.29, 0.717) is 11.1 Å². The van der Waals surface area contributed by atoms with Gasteiger partial charge in [-0.25, -0.2) is 4.57 Å². The molecule has 2 aromatic heterocycles. The van der Waals surface area contributed by atoms with E-state index in [-0.39, 0.29) is 0 Å². The number of hydrogen-bond acceptors (Lipinski definition) is 3. The Hall–Kier alpha value is -2.43. The lowest BCUT2D eigenvalue weighted by Gasteiger charge is -2.40. The average molecular weight is 423 g/mol. The Labute approximate surface area is 187 Å². The quantitative estimate of drug-likeness (QED) is 0.440. The van der Waals surface area contributed by atoms with Gasteiger partial charge in [-0.3, -0.25) is 4.57 Å². The molecule has 2 unspecified atom stereocenters. The van der Waals surface area contributed by atoms with Gasteiger partial charge in [0.2, 0.25) is 5.52 Å². The van der Waals surface area contributed by atoms with E-state index < -0.39 is 0 Å². The van der Waals surface area contributed by atoms with E-state index in [2.05, 4.69) is 67.6 Å². The molecular weight excluding hydrogens is 382 g/mol. The Morgan fingerprint density at radius 2 is 2.03 bits per heavy atom. The van der Waals surface area contributed by atoms with Gasteiger partial charge in [-0.05, 0) is 70.6 Å². The maximum absolute atomic E-state index is 6.13. The molecule has 0 saturated heterocycles. The summed E-state index contributed by atoms with van der Waals surface area (Å²) in [4.78, 5) is 0. The number of nitrogens with two attached hydrogens (primary N) is 1. The van der Waals surface area contributed by atoms with Crippen LogP contribution < -0.4 is 10.3 Å². The summed E-state index contributed by atoms with van der Waals surface area (Å²) in [7, 11) is 1.98. The summed E-state index contributed by atoms with van der Waals surface area (Å²) in [6, 6.07) is 0. The molecule has 0 aliphatic heterocycles. The van der Waals surface area contributed by atoms with Crippen LogP contribution in [0.25, 0.3) is 11.2 Å². The van der Waals surface area contributed by atoms with E-state index >= 15 is 0 Å². The van der Waals surface area contributed by atoms with E-state index in [0.717, 1.165) is 36.5 Å². The van der Waals surface area contributed by atoms with E-state index in [9.17, 15) is 0 Å². The van der Waals surface area contributed by atoms with Gasteiger partial charge in [0.15, 0.2) is 6.33 Å². The molecule has 0 saturated carbocycles. The van der Waals surface area contributed by atoms with E-state index in [1.807, 2.05) is 17.9 Å². The zero-order valence-corrected chi connectivity index (χ0v) is 20.3. The van der Waals surface area contributed by atoms with Crippen LogP contribution in [-0.4, -0.2) is 14.8 Å². The molecule has 2 heterocycles. The molecule has 1 aliphatic carbocycles. The molecular formula is C26H40N5+. The number of fused-ring (bicyclic) bond motifs is 1. The molecule has 0 aromatic carbocycles. The van der Waals surface area contributed by atoms with Crippen molar-refractivity contribution in [2.75, 3.05) is 5.73 Å². The van der Waals surface area contributed by atoms with Crippen molar-refractivity contribution in [2.24, 2.45) is 18.4 Å². The summed E-state index contributed by atoms with van der Waals surface area (Å²) in [6.45, 7) is 12.5. The Morgan fingerprint density at radius 3 is 2.77 bits per heavy atom. The highest BCUT2D eigenvalue weighted by Gasteiger charge is 2.34. The average Bonchev–Trinajstić information content (AvgIpc) is 3.06. The Kier molecular flexibility index (Phi) is 7.34. The van der Waals surface area contributed by atoms with Crippen molar-refractivity contribution in [1.29, 1.82) is 0 Å². The van der Waals surface area contributed by atoms with Crippen molar-refractivity contribution in [3.8, 4) is 0 Å². The molecule has 0 bridgehead atoms. The SMILES string of the molecule is CC(=CCn1c[n+](C)c2nncc(N)c21)CCC=C(C)CCC1(C)C(C)=CCCC1C. The number of hydrogen-bond donors (Lipinski definition) is 1. The van der Waals surface area contributed by atoms with Gasteiger partial charge < -0.3 is 5.73 Å². The Balaban J connectivity index is 1.53. The number of rotatable bonds is 8. The van der Waals surface area contributed by atoms with Gasteiger partial charge in [0.1, 0.15) is 5.69 Å². The van der Waals surface area contributed by atoms with Crippen LogP contribution in [0.3, 0.4) is 0 Å². The molecule has 0 radical (unpaired) electrons. The van der Waals surface area contributed by atoms with Crippen molar-refractivity contribution in [3.63, 3.8) is 0 Å². The second kappa shape index (κ2) is 9.80. The topological polar surface area (TPSA) is 60.6 Å². The highest BCUT2D eigenvalue weighted by Crippen LogP contribution is 2.45. The molecule has 1 aliphatic rings. The first kappa shape index (κ1) is 23.2. The number of anilines is 1. The molecule has 5 nitrogen and oxygen atoms in total. The van der Waals surface area contributed by atoms with Crippen molar-refractivity contribution in [1.82, 2.24) is 14.8 Å². The monoisotopic (exact) mass is 422 g/mol. The predicted molar refractivity (Wildman–Crippen MR) is 129 cm³/mol. The zero-order valence-electron chi connectivity index (χ0n) is 20.3. The maximum atomic E-state index is 6.13. The standard InChI is InChI=1S/C26H40N5/c1-19(13-15-26(5)21(3)11-8-12-22(26)4)9-7-10-20(2)14-16-31-18-30(6)25-24(31)23(27)17-28-29-25/h9,11,14,17-18,22H,7-8,10,12-13,15-16H2,1-6H3,(H2,27,29)/q+1. The van der Waals surface area contributed by atoms with Gasteiger partial charge in [0, 0.05) is 5.10 Å². The lowest BCUT2D eigenvalue weighted by atomic mass is 9.65. The smallest absolute Gasteiger partial charge is 0.329 e. The number of aryl methyl sites for hydroxylation is 1. The summed E-state index contributed by atoms with van der Waals surface area (Å²) in [5, 5.41) is 8.17. The van der Waals surface area contributed by atoms with Gasteiger partial charge in [-0.15, -0.1) is 0 Å². The van der Waals surface area contributed by atoms with Crippen LogP contribution in [0.2, 0.25) is 0 Å². The summed E-state index contributed by atoms with van der Waals surface area (Å²) >= 11 is 0. The first-order valence-corrected chi connectivity index (χ1v) is 11.7. The fourth-order valence-electron chi connectivity index (χ4n) is 4.77. The third-order valence-electron chi connectivity index (χ3n) is 7.51. The molecule has 2 aromatic rings. The van der Waals surface area contributed by atoms with Gasteiger partial charge in [0.25, 0.3) is 0 Å². The van der Waals surface area contributed by atoms with E-state index in [1.54, 1.807) is 11.8 Å². The first-order chi connectivity index (χ1) is 14.7. The largest absolute Gasteiger partial charge is 0.394 e. The molecule has 0 amide bonds. The van der Waals surface area contributed by atoms with Crippen LogP contribution in [0.1, 0.15) is 73.1 Å². The molecule has 0 fully saturated rings. The summed E-state index contributed by atoms with van der Waals surface area (Å²) < 4.78 is 4.12. The second-order valence-electron chi connectivity index (χ2n) is 9.77. The normalized spacial score (nSPS) is 22.8. The number of allylic oxidation sites excluding steroid dienone is 6. The fourth-order valence-corrected chi connectivity index (χ4v) is 4.77. The molecule has 5 heteroatoms. The van der Waals surface area contributed by atoms with Crippen LogP contribution in [0.15, 0.2) is 47.5 Å². The minimum atomic E-state index is 0.366. The van der Waals surface area contributed by atoms with Crippen molar-refractivity contribution in [3.05, 3.63) is 47.5 Å². The Bertz CT molecular complexity index is 1010. The van der Waals surface area contributed by atoms with Crippen molar-refractivity contribution in [2.45, 2.75) is 79.7 Å². The predicted octanol–water partition coefficient (Wildman–Crippen LogP) is 5.67. The van der Waals surface area contributed by atoms with Gasteiger partial charge in [-0.2, -0.15) is 0 Å². The van der Waals surface area contributed by atoms with E-state index in [4.69, 9.17) is 5.73 Å². The molecule has 2 N–H and O–H groups in total. The van der Waals surface area contributed by atoms with Crippen LogP contribution in [-0.2, 0) is 13.6 Å². The van der Waals surface area contributed by atoms with Crippen LogP contribution in [0, 0.1) is 11.3 Å². The lowest BCUT2D eigenvalue weighted by Crippen LogP contribution is -2.29. The van der Waals surface area contributed by atoms with Gasteiger partial charge in [0.05, 0.1) is 19.8 Å². The summed E-state index contributed by atoms with van der Waals surface area (Å²) in [5.74, 6) is 0.780.